The maximum Gasteiger partial charge on any atom is 0.410 e. The molecule has 4 rings (SSSR count). The molecular formula is C26H31FN4O6. The van der Waals surface area contributed by atoms with Crippen molar-refractivity contribution in [1.82, 2.24) is 20.2 Å². The summed E-state index contributed by atoms with van der Waals surface area (Å²) < 4.78 is 24.7. The molecule has 3 aromatic rings. The number of aromatic nitrogens is 2. The Morgan fingerprint density at radius 1 is 1.27 bits per heavy atom. The normalized spacial score (nSPS) is 15.5. The van der Waals surface area contributed by atoms with Crippen molar-refractivity contribution in [2.75, 3.05) is 13.1 Å². The first kappa shape index (κ1) is 26.2. The highest BCUT2D eigenvalue weighted by Gasteiger charge is 2.44. The highest BCUT2D eigenvalue weighted by atomic mass is 19.1. The molecule has 1 aromatic carbocycles. The summed E-state index contributed by atoms with van der Waals surface area (Å²) in [6, 6.07) is 5.36. The molecule has 11 heteroatoms. The number of piperidine rings is 1. The molecule has 0 saturated carbocycles. The number of carbonyl (C=O) groups is 2. The van der Waals surface area contributed by atoms with Gasteiger partial charge >= 0.3 is 6.09 Å². The van der Waals surface area contributed by atoms with E-state index in [-0.39, 0.29) is 50.6 Å². The fraction of sp³-hybridized carbons (Fsp3) is 0.462. The van der Waals surface area contributed by atoms with Crippen molar-refractivity contribution >= 4 is 23.0 Å². The van der Waals surface area contributed by atoms with Crippen LogP contribution in [-0.4, -0.2) is 50.7 Å². The predicted octanol–water partition coefficient (Wildman–Crippen LogP) is 3.64. The number of aromatic hydroxyl groups is 1. The largest absolute Gasteiger partial charge is 0.502 e. The average Bonchev–Trinajstić information content (AvgIpc) is 3.21. The first-order valence-corrected chi connectivity index (χ1v) is 12.1. The van der Waals surface area contributed by atoms with E-state index in [9.17, 15) is 23.9 Å². The molecule has 3 heterocycles. The van der Waals surface area contributed by atoms with Crippen LogP contribution in [0.25, 0.3) is 11.0 Å². The number of carbonyl (C=O) groups excluding carboxylic acids is 2. The van der Waals surface area contributed by atoms with E-state index >= 15 is 0 Å². The summed E-state index contributed by atoms with van der Waals surface area (Å²) in [6.07, 6.45) is -0.0291. The number of halogens is 1. The Bertz CT molecular complexity index is 1380. The maximum absolute atomic E-state index is 13.5. The molecule has 3 N–H and O–H groups in total. The molecule has 0 radical (unpaired) electrons. The highest BCUT2D eigenvalue weighted by molar-refractivity contribution is 5.78. The van der Waals surface area contributed by atoms with Crippen molar-refractivity contribution in [3.63, 3.8) is 0 Å². The lowest BCUT2D eigenvalue weighted by Crippen LogP contribution is -2.48. The van der Waals surface area contributed by atoms with Crippen LogP contribution in [0.2, 0.25) is 0 Å². The lowest BCUT2D eigenvalue weighted by molar-refractivity contribution is -0.123. The Morgan fingerprint density at radius 2 is 1.97 bits per heavy atom. The summed E-state index contributed by atoms with van der Waals surface area (Å²) in [5.74, 6) is -0.500. The first-order chi connectivity index (χ1) is 17.3. The molecular weight excluding hydrogens is 483 g/mol. The Hall–Kier alpha value is -3.89. The summed E-state index contributed by atoms with van der Waals surface area (Å²) in [5.41, 5.74) is -1.18. The SMILES string of the molecule is Cc1cc(=O)c(O)c(C2(CC(=O)NCc3nc4ccc(F)cc4[nH]3)CCN(C(=O)OC(C)(C)C)CC2)o1. The number of rotatable bonds is 5. The van der Waals surface area contributed by atoms with Gasteiger partial charge in [0.2, 0.25) is 17.1 Å². The third-order valence-electron chi connectivity index (χ3n) is 6.34. The quantitative estimate of drug-likeness (QED) is 0.473. The standard InChI is InChI=1S/C26H31FN4O6/c1-15-11-19(32)22(34)23(36-15)26(7-9-31(10-8-26)24(35)37-25(2,3)4)13-21(33)28-14-20-29-17-6-5-16(27)12-18(17)30-20/h5-6,11-12,34H,7-10,13-14H2,1-4H3,(H,28,33)(H,29,30). The van der Waals surface area contributed by atoms with E-state index in [4.69, 9.17) is 9.15 Å². The molecule has 0 unspecified atom stereocenters. The smallest absolute Gasteiger partial charge is 0.410 e. The van der Waals surface area contributed by atoms with Crippen LogP contribution >= 0.6 is 0 Å². The van der Waals surface area contributed by atoms with Crippen molar-refractivity contribution < 1.29 is 28.2 Å². The number of ether oxygens (including phenoxy) is 1. The molecule has 2 amide bonds. The number of fused-ring (bicyclic) bond motifs is 1. The van der Waals surface area contributed by atoms with Crippen LogP contribution in [-0.2, 0) is 21.5 Å². The number of aromatic amines is 1. The third kappa shape index (κ3) is 5.92. The number of hydrogen-bond donors (Lipinski definition) is 3. The van der Waals surface area contributed by atoms with Gasteiger partial charge in [-0.15, -0.1) is 0 Å². The van der Waals surface area contributed by atoms with Crippen LogP contribution in [0, 0.1) is 12.7 Å². The Kier molecular flexibility index (Phi) is 6.98. The summed E-state index contributed by atoms with van der Waals surface area (Å²) in [6.45, 7) is 7.49. The number of benzene rings is 1. The van der Waals surface area contributed by atoms with Crippen LogP contribution in [0.5, 0.6) is 5.75 Å². The van der Waals surface area contributed by atoms with Crippen molar-refractivity contribution in [3.05, 3.63) is 57.7 Å². The molecule has 37 heavy (non-hydrogen) atoms. The summed E-state index contributed by atoms with van der Waals surface area (Å²) >= 11 is 0. The molecule has 1 saturated heterocycles. The fourth-order valence-electron chi connectivity index (χ4n) is 4.56. The summed E-state index contributed by atoms with van der Waals surface area (Å²) in [5, 5.41) is 13.4. The van der Waals surface area contributed by atoms with Gasteiger partial charge in [0.25, 0.3) is 0 Å². The van der Waals surface area contributed by atoms with Gasteiger partial charge in [0, 0.05) is 31.0 Å². The average molecular weight is 515 g/mol. The number of H-pyrrole nitrogens is 1. The Morgan fingerprint density at radius 3 is 2.65 bits per heavy atom. The lowest BCUT2D eigenvalue weighted by atomic mass is 9.73. The number of nitrogens with one attached hydrogen (secondary N) is 2. The second-order valence-electron chi connectivity index (χ2n) is 10.4. The highest BCUT2D eigenvalue weighted by Crippen LogP contribution is 2.42. The zero-order chi connectivity index (χ0) is 27.0. The van der Waals surface area contributed by atoms with Crippen LogP contribution in [0.3, 0.4) is 0 Å². The van der Waals surface area contributed by atoms with Gasteiger partial charge in [-0.25, -0.2) is 14.2 Å². The third-order valence-corrected chi connectivity index (χ3v) is 6.34. The van der Waals surface area contributed by atoms with Gasteiger partial charge in [0.1, 0.15) is 23.0 Å². The van der Waals surface area contributed by atoms with E-state index in [2.05, 4.69) is 15.3 Å². The number of imidazole rings is 1. The molecule has 0 spiro atoms. The van der Waals surface area contributed by atoms with Gasteiger partial charge in [-0.2, -0.15) is 0 Å². The maximum atomic E-state index is 13.5. The first-order valence-electron chi connectivity index (χ1n) is 12.1. The van der Waals surface area contributed by atoms with Crippen LogP contribution in [0.15, 0.2) is 33.5 Å². The summed E-state index contributed by atoms with van der Waals surface area (Å²) in [7, 11) is 0. The van der Waals surface area contributed by atoms with Crippen LogP contribution in [0.1, 0.15) is 57.4 Å². The minimum atomic E-state index is -1.02. The molecule has 0 atom stereocenters. The lowest BCUT2D eigenvalue weighted by Gasteiger charge is -2.41. The van der Waals surface area contributed by atoms with Crippen LogP contribution < -0.4 is 10.7 Å². The van der Waals surface area contributed by atoms with Gasteiger partial charge in [0.05, 0.1) is 17.6 Å². The zero-order valence-corrected chi connectivity index (χ0v) is 21.3. The van der Waals surface area contributed by atoms with Crippen LogP contribution in [0.4, 0.5) is 9.18 Å². The number of aryl methyl sites for hydroxylation is 1. The van der Waals surface area contributed by atoms with E-state index in [0.29, 0.717) is 22.6 Å². The van der Waals surface area contributed by atoms with E-state index < -0.39 is 34.1 Å². The molecule has 2 aromatic heterocycles. The van der Waals surface area contributed by atoms with E-state index in [1.54, 1.807) is 38.7 Å². The van der Waals surface area contributed by atoms with Gasteiger partial charge in [-0.3, -0.25) is 9.59 Å². The van der Waals surface area contributed by atoms with E-state index in [0.717, 1.165) is 0 Å². The molecule has 0 bridgehead atoms. The molecule has 1 aliphatic rings. The van der Waals surface area contributed by atoms with Crippen molar-refractivity contribution in [2.24, 2.45) is 0 Å². The Balaban J connectivity index is 1.53. The second kappa shape index (κ2) is 9.87. The fourth-order valence-corrected chi connectivity index (χ4v) is 4.56. The van der Waals surface area contributed by atoms with Gasteiger partial charge in [0.15, 0.2) is 5.76 Å². The molecule has 1 fully saturated rings. The van der Waals surface area contributed by atoms with Gasteiger partial charge < -0.3 is 29.5 Å². The van der Waals surface area contributed by atoms with E-state index in [1.807, 2.05) is 0 Å². The Labute approximate surface area is 212 Å². The zero-order valence-electron chi connectivity index (χ0n) is 21.3. The molecule has 1 aliphatic heterocycles. The molecule has 10 nitrogen and oxygen atoms in total. The van der Waals surface area contributed by atoms with Crippen molar-refractivity contribution in [2.45, 2.75) is 64.5 Å². The minimum absolute atomic E-state index is 0.0377. The van der Waals surface area contributed by atoms with Crippen molar-refractivity contribution in [3.8, 4) is 5.75 Å². The number of likely N-dealkylation sites (tertiary alicyclic amines) is 1. The second-order valence-corrected chi connectivity index (χ2v) is 10.4. The number of amides is 2. The van der Waals surface area contributed by atoms with E-state index in [1.165, 1.54) is 18.2 Å². The van der Waals surface area contributed by atoms with Gasteiger partial charge in [-0.05, 0) is 58.7 Å². The number of hydrogen-bond acceptors (Lipinski definition) is 7. The van der Waals surface area contributed by atoms with Gasteiger partial charge in [-0.1, -0.05) is 0 Å². The number of nitrogens with zero attached hydrogens (tertiary/aromatic N) is 2. The predicted molar refractivity (Wildman–Crippen MR) is 133 cm³/mol. The minimum Gasteiger partial charge on any atom is -0.502 e. The van der Waals surface area contributed by atoms with Crippen molar-refractivity contribution in [1.29, 1.82) is 0 Å². The topological polar surface area (TPSA) is 138 Å². The molecule has 198 valence electrons. The monoisotopic (exact) mass is 514 g/mol. The summed E-state index contributed by atoms with van der Waals surface area (Å²) in [4.78, 5) is 46.9. The molecule has 0 aliphatic carbocycles.